The fourth-order valence-corrected chi connectivity index (χ4v) is 3.76. The number of nitrogens with zero attached hydrogens (tertiary/aromatic N) is 1. The molecule has 0 aromatic heterocycles. The average Bonchev–Trinajstić information content (AvgIpc) is 2.90. The van der Waals surface area contributed by atoms with Gasteiger partial charge in [-0.05, 0) is 36.8 Å². The number of benzene rings is 3. The van der Waals surface area contributed by atoms with Crippen LogP contribution in [0.2, 0.25) is 0 Å². The van der Waals surface area contributed by atoms with E-state index in [-0.39, 0.29) is 18.7 Å². The van der Waals surface area contributed by atoms with Gasteiger partial charge in [-0.2, -0.15) is 13.2 Å². The summed E-state index contributed by atoms with van der Waals surface area (Å²) in [6, 6.07) is 25.2. The lowest BCUT2D eigenvalue weighted by atomic mass is 10.0. The van der Waals surface area contributed by atoms with Crippen LogP contribution in [-0.2, 0) is 25.6 Å². The summed E-state index contributed by atoms with van der Waals surface area (Å²) in [5.74, 6) is -2.02. The summed E-state index contributed by atoms with van der Waals surface area (Å²) in [4.78, 5) is 16.3. The van der Waals surface area contributed by atoms with E-state index in [1.54, 1.807) is 55.5 Å². The summed E-state index contributed by atoms with van der Waals surface area (Å²) in [7, 11) is 0. The van der Waals surface area contributed by atoms with E-state index < -0.39 is 42.6 Å². The van der Waals surface area contributed by atoms with Gasteiger partial charge in [-0.3, -0.25) is 0 Å². The Balaban J connectivity index is 1.54. The molecule has 4 atom stereocenters. The van der Waals surface area contributed by atoms with Gasteiger partial charge in [-0.15, -0.1) is 0 Å². The number of carbonyl (C=O) groups is 1. The molecule has 6 nitrogen and oxygen atoms in total. The molecule has 1 fully saturated rings. The largest absolute Gasteiger partial charge is 0.468 e. The molecule has 1 heterocycles. The second-order valence-corrected chi connectivity index (χ2v) is 8.46. The number of hydrogen-bond donors (Lipinski definition) is 0. The molecule has 0 N–H and O–H groups in total. The number of para-hydroxylation sites is 1. The van der Waals surface area contributed by atoms with Gasteiger partial charge in [0.05, 0.1) is 24.0 Å². The van der Waals surface area contributed by atoms with E-state index in [0.717, 1.165) is 5.56 Å². The Hall–Kier alpha value is -3.69. The maximum atomic E-state index is 13.9. The van der Waals surface area contributed by atoms with Crippen LogP contribution in [0.3, 0.4) is 0 Å². The van der Waals surface area contributed by atoms with Crippen molar-refractivity contribution < 1.29 is 36.9 Å². The number of carbonyl (C=O) groups excluding carboxylic acids is 1. The molecule has 0 spiro atoms. The SMILES string of the molecule is C[C@@H]1O[C@@H](OC(=Nc2ccccc2)C(F)(F)F)[C@@H](OCc2ccccc2)C[C@@H]1OC(=O)c1ccccc1. The second-order valence-electron chi connectivity index (χ2n) is 8.46. The van der Waals surface area contributed by atoms with E-state index in [4.69, 9.17) is 18.9 Å². The molecule has 194 valence electrons. The molecule has 0 bridgehead atoms. The fraction of sp³-hybridized carbons (Fsp3) is 0.286. The van der Waals surface area contributed by atoms with Gasteiger partial charge in [-0.25, -0.2) is 9.79 Å². The van der Waals surface area contributed by atoms with Gasteiger partial charge in [0.1, 0.15) is 12.2 Å². The Morgan fingerprint density at radius 2 is 1.49 bits per heavy atom. The molecule has 0 radical (unpaired) electrons. The van der Waals surface area contributed by atoms with Crippen molar-refractivity contribution >= 4 is 17.6 Å². The highest BCUT2D eigenvalue weighted by Crippen LogP contribution is 2.31. The maximum absolute atomic E-state index is 13.9. The number of ether oxygens (including phenoxy) is 4. The fourth-order valence-electron chi connectivity index (χ4n) is 3.76. The first-order valence-corrected chi connectivity index (χ1v) is 11.7. The van der Waals surface area contributed by atoms with Crippen molar-refractivity contribution in [2.45, 2.75) is 50.7 Å². The molecule has 37 heavy (non-hydrogen) atoms. The van der Waals surface area contributed by atoms with Crippen LogP contribution < -0.4 is 0 Å². The zero-order chi connectivity index (χ0) is 26.3. The molecule has 3 aromatic rings. The van der Waals surface area contributed by atoms with Crippen LogP contribution in [0.4, 0.5) is 18.9 Å². The summed E-state index contributed by atoms with van der Waals surface area (Å²) in [5, 5.41) is 0. The molecule has 1 aliphatic rings. The van der Waals surface area contributed by atoms with Crippen molar-refractivity contribution in [1.29, 1.82) is 0 Å². The van der Waals surface area contributed by atoms with Gasteiger partial charge < -0.3 is 18.9 Å². The van der Waals surface area contributed by atoms with Gasteiger partial charge in [0.2, 0.25) is 6.29 Å². The standard InChI is InChI=1S/C28H26F3NO5/c1-19-23(36-25(33)21-13-7-3-8-14-21)17-24(34-18-20-11-5-2-6-12-20)26(35-19)37-27(28(29,30)31)32-22-15-9-4-10-16-22/h2-16,19,23-24,26H,17-18H2,1H3/t19-,23-,24-,26-/m0/s1. The first kappa shape index (κ1) is 26.4. The van der Waals surface area contributed by atoms with Crippen LogP contribution in [0, 0.1) is 0 Å². The minimum atomic E-state index is -4.87. The first-order chi connectivity index (χ1) is 17.8. The molecule has 9 heteroatoms. The third kappa shape index (κ3) is 7.41. The third-order valence-electron chi connectivity index (χ3n) is 5.67. The minimum absolute atomic E-state index is 0.0632. The predicted molar refractivity (Wildman–Crippen MR) is 130 cm³/mol. The van der Waals surface area contributed by atoms with Crippen molar-refractivity contribution in [1.82, 2.24) is 0 Å². The minimum Gasteiger partial charge on any atom is -0.456 e. The molecule has 0 saturated carbocycles. The van der Waals surface area contributed by atoms with Crippen LogP contribution in [0.1, 0.15) is 29.3 Å². The van der Waals surface area contributed by atoms with Crippen molar-refractivity contribution in [3.8, 4) is 0 Å². The lowest BCUT2D eigenvalue weighted by Crippen LogP contribution is -2.51. The highest BCUT2D eigenvalue weighted by molar-refractivity contribution is 5.89. The molecular weight excluding hydrogens is 487 g/mol. The monoisotopic (exact) mass is 513 g/mol. The van der Waals surface area contributed by atoms with Gasteiger partial charge in [0.15, 0.2) is 0 Å². The lowest BCUT2D eigenvalue weighted by Gasteiger charge is -2.39. The Bertz CT molecular complexity index is 1170. The van der Waals surface area contributed by atoms with Gasteiger partial charge in [0, 0.05) is 6.42 Å². The number of esters is 1. The van der Waals surface area contributed by atoms with E-state index >= 15 is 0 Å². The van der Waals surface area contributed by atoms with Crippen LogP contribution in [0.25, 0.3) is 0 Å². The van der Waals surface area contributed by atoms with E-state index in [1.807, 2.05) is 30.3 Å². The Kier molecular flexibility index (Phi) is 8.58. The Morgan fingerprint density at radius 1 is 0.892 bits per heavy atom. The molecule has 3 aromatic carbocycles. The zero-order valence-corrected chi connectivity index (χ0v) is 20.0. The third-order valence-corrected chi connectivity index (χ3v) is 5.67. The normalized spacial score (nSPS) is 22.3. The summed E-state index contributed by atoms with van der Waals surface area (Å²) in [6.07, 6.45) is -8.76. The van der Waals surface area contributed by atoms with Gasteiger partial charge in [-0.1, -0.05) is 66.7 Å². The highest BCUT2D eigenvalue weighted by atomic mass is 19.4. The number of halogens is 3. The Labute approximate surface area is 212 Å². The van der Waals surface area contributed by atoms with Crippen LogP contribution >= 0.6 is 0 Å². The number of hydrogen-bond acceptors (Lipinski definition) is 6. The van der Waals surface area contributed by atoms with Crippen molar-refractivity contribution in [3.05, 3.63) is 102 Å². The topological polar surface area (TPSA) is 66.3 Å². The number of aliphatic imine (C=N–C) groups is 1. The lowest BCUT2D eigenvalue weighted by molar-refractivity contribution is -0.254. The van der Waals surface area contributed by atoms with Crippen molar-refractivity contribution in [2.75, 3.05) is 0 Å². The highest BCUT2D eigenvalue weighted by Gasteiger charge is 2.46. The molecule has 1 aliphatic heterocycles. The van der Waals surface area contributed by atoms with E-state index in [1.165, 1.54) is 12.1 Å². The molecule has 0 unspecified atom stereocenters. The van der Waals surface area contributed by atoms with Crippen LogP contribution in [-0.4, -0.2) is 42.6 Å². The quantitative estimate of drug-likeness (QED) is 0.213. The zero-order valence-electron chi connectivity index (χ0n) is 20.0. The molecule has 4 rings (SSSR count). The van der Waals surface area contributed by atoms with Crippen molar-refractivity contribution in [3.63, 3.8) is 0 Å². The molecular formula is C28H26F3NO5. The van der Waals surface area contributed by atoms with Gasteiger partial charge in [0.25, 0.3) is 5.90 Å². The van der Waals surface area contributed by atoms with Gasteiger partial charge >= 0.3 is 12.1 Å². The summed E-state index contributed by atoms with van der Waals surface area (Å²) in [5.41, 5.74) is 1.24. The summed E-state index contributed by atoms with van der Waals surface area (Å²) >= 11 is 0. The van der Waals surface area contributed by atoms with E-state index in [0.29, 0.717) is 5.56 Å². The summed E-state index contributed by atoms with van der Waals surface area (Å²) < 4.78 is 64.2. The first-order valence-electron chi connectivity index (χ1n) is 11.7. The molecule has 1 saturated heterocycles. The second kappa shape index (κ2) is 12.0. The van der Waals surface area contributed by atoms with E-state index in [9.17, 15) is 18.0 Å². The van der Waals surface area contributed by atoms with Crippen molar-refractivity contribution in [2.24, 2.45) is 4.99 Å². The predicted octanol–water partition coefficient (Wildman–Crippen LogP) is 6.24. The number of rotatable bonds is 7. The van der Waals surface area contributed by atoms with Crippen LogP contribution in [0.15, 0.2) is 96.0 Å². The molecule has 0 aliphatic carbocycles. The Morgan fingerprint density at radius 3 is 2.11 bits per heavy atom. The average molecular weight is 514 g/mol. The smallest absolute Gasteiger partial charge is 0.456 e. The van der Waals surface area contributed by atoms with Crippen LogP contribution in [0.5, 0.6) is 0 Å². The molecule has 0 amide bonds. The summed E-state index contributed by atoms with van der Waals surface area (Å²) in [6.45, 7) is 1.70. The maximum Gasteiger partial charge on any atom is 0.468 e. The van der Waals surface area contributed by atoms with E-state index in [2.05, 4.69) is 4.99 Å². The number of alkyl halides is 3.